The minimum Gasteiger partial charge on any atom is -0.496 e. The molecule has 1 aliphatic heterocycles. The number of hydrogen-bond donors (Lipinski definition) is 2. The number of carboxylic acid groups (broad SMARTS) is 1. The molecule has 9 heteroatoms. The average Bonchev–Trinajstić information content (AvgIpc) is 3.10. The molecule has 1 saturated heterocycles. The number of hydrogen-bond acceptors (Lipinski definition) is 5. The second-order valence-electron chi connectivity index (χ2n) is 8.63. The first kappa shape index (κ1) is 23.3. The van der Waals surface area contributed by atoms with Crippen LogP contribution in [0.1, 0.15) is 39.1 Å². The molecule has 4 rings (SSSR count). The quantitative estimate of drug-likeness (QED) is 0.408. The number of ether oxygens (including phenoxy) is 1. The van der Waals surface area contributed by atoms with Crippen LogP contribution in [0.25, 0.3) is 10.9 Å². The number of aromatic nitrogens is 1. The lowest BCUT2D eigenvalue weighted by atomic mass is 9.87. The molecule has 2 aromatic carbocycles. The van der Waals surface area contributed by atoms with E-state index in [0.717, 1.165) is 5.56 Å². The fourth-order valence-corrected chi connectivity index (χ4v) is 4.77. The molecule has 1 aromatic heterocycles. The average molecular weight is 467 g/mol. The standard InChI is InChI=1S/C25H26FN3O5/c1-28-18-13-19(34-2)17(22(27)31)12-16(18)20(21(30)24(32)33)23(28)29-10-8-25(26,9-11-29)14-15-6-4-3-5-7-15/h3-7,12-13H,8-11,14H2,1-2H3,(H2,27,31)(H,32,33). The van der Waals surface area contributed by atoms with Crippen LogP contribution in [0.2, 0.25) is 0 Å². The number of fused-ring (bicyclic) bond motifs is 1. The van der Waals surface area contributed by atoms with E-state index < -0.39 is 23.3 Å². The van der Waals surface area contributed by atoms with Crippen molar-refractivity contribution >= 4 is 34.4 Å². The summed E-state index contributed by atoms with van der Waals surface area (Å²) in [5.41, 5.74) is 5.47. The van der Waals surface area contributed by atoms with Crippen LogP contribution < -0.4 is 15.4 Å². The van der Waals surface area contributed by atoms with E-state index in [4.69, 9.17) is 10.5 Å². The number of piperidine rings is 1. The highest BCUT2D eigenvalue weighted by Gasteiger charge is 2.38. The van der Waals surface area contributed by atoms with Gasteiger partial charge in [0.15, 0.2) is 0 Å². The summed E-state index contributed by atoms with van der Waals surface area (Å²) in [7, 11) is 3.08. The van der Waals surface area contributed by atoms with Crippen molar-refractivity contribution in [2.24, 2.45) is 12.8 Å². The normalized spacial score (nSPS) is 15.3. The van der Waals surface area contributed by atoms with E-state index in [1.54, 1.807) is 17.7 Å². The number of Topliss-reactive ketones (excluding diaryl/α,β-unsaturated/α-hetero) is 1. The number of benzene rings is 2. The van der Waals surface area contributed by atoms with Gasteiger partial charge in [-0.3, -0.25) is 9.59 Å². The van der Waals surface area contributed by atoms with Crippen LogP contribution in [0.4, 0.5) is 10.2 Å². The van der Waals surface area contributed by atoms with Crippen molar-refractivity contribution < 1.29 is 28.6 Å². The van der Waals surface area contributed by atoms with E-state index in [0.29, 0.717) is 24.4 Å². The van der Waals surface area contributed by atoms with Gasteiger partial charge in [-0.2, -0.15) is 0 Å². The molecule has 0 radical (unpaired) electrons. The molecule has 0 saturated carbocycles. The molecular weight excluding hydrogens is 441 g/mol. The van der Waals surface area contributed by atoms with Gasteiger partial charge in [-0.25, -0.2) is 9.18 Å². The van der Waals surface area contributed by atoms with E-state index >= 15 is 4.39 Å². The summed E-state index contributed by atoms with van der Waals surface area (Å²) >= 11 is 0. The number of nitrogens with zero attached hydrogens (tertiary/aromatic N) is 2. The topological polar surface area (TPSA) is 115 Å². The van der Waals surface area contributed by atoms with Crippen molar-refractivity contribution in [2.45, 2.75) is 24.9 Å². The summed E-state index contributed by atoms with van der Waals surface area (Å²) < 4.78 is 22.6. The van der Waals surface area contributed by atoms with E-state index in [1.807, 2.05) is 35.2 Å². The molecule has 0 bridgehead atoms. The van der Waals surface area contributed by atoms with Gasteiger partial charge in [0.05, 0.1) is 23.8 Å². The number of ketones is 1. The zero-order chi connectivity index (χ0) is 24.6. The van der Waals surface area contributed by atoms with Crippen LogP contribution >= 0.6 is 0 Å². The van der Waals surface area contributed by atoms with Gasteiger partial charge in [0.2, 0.25) is 0 Å². The fourth-order valence-electron chi connectivity index (χ4n) is 4.77. The molecule has 1 aliphatic rings. The number of amides is 1. The van der Waals surface area contributed by atoms with Crippen molar-refractivity contribution in [2.75, 3.05) is 25.1 Å². The maximum Gasteiger partial charge on any atom is 0.377 e. The number of nitrogens with two attached hydrogens (primary N) is 1. The molecule has 0 aliphatic carbocycles. The Morgan fingerprint density at radius 1 is 1.15 bits per heavy atom. The number of anilines is 1. The Labute approximate surface area is 195 Å². The van der Waals surface area contributed by atoms with E-state index in [2.05, 4.69) is 0 Å². The number of halogens is 1. The molecule has 1 amide bonds. The highest BCUT2D eigenvalue weighted by atomic mass is 19.1. The van der Waals surface area contributed by atoms with Gasteiger partial charge in [0, 0.05) is 38.0 Å². The van der Waals surface area contributed by atoms with Gasteiger partial charge >= 0.3 is 5.97 Å². The van der Waals surface area contributed by atoms with Crippen LogP contribution in [0.3, 0.4) is 0 Å². The van der Waals surface area contributed by atoms with Crippen LogP contribution in [-0.2, 0) is 18.3 Å². The SMILES string of the molecule is COc1cc2c(cc1C(N)=O)c(C(=O)C(=O)O)c(N1CCC(F)(Cc3ccccc3)CC1)n2C. The van der Waals surface area contributed by atoms with Gasteiger partial charge < -0.3 is 25.0 Å². The monoisotopic (exact) mass is 467 g/mol. The zero-order valence-electron chi connectivity index (χ0n) is 19.0. The molecule has 34 heavy (non-hydrogen) atoms. The number of carbonyl (C=O) groups is 3. The maximum absolute atomic E-state index is 15.6. The van der Waals surface area contributed by atoms with Crippen molar-refractivity contribution in [3.8, 4) is 5.75 Å². The molecule has 0 spiro atoms. The third kappa shape index (κ3) is 4.09. The number of rotatable bonds is 7. The Kier molecular flexibility index (Phi) is 6.03. The summed E-state index contributed by atoms with van der Waals surface area (Å²) in [6.07, 6.45) is 0.733. The second-order valence-corrected chi connectivity index (χ2v) is 8.63. The number of primary amides is 1. The number of aliphatic carboxylic acids is 1. The van der Waals surface area contributed by atoms with E-state index in [9.17, 15) is 19.5 Å². The second kappa shape index (κ2) is 8.81. The van der Waals surface area contributed by atoms with Gasteiger partial charge in [-0.15, -0.1) is 0 Å². The molecule has 2 heterocycles. The molecule has 8 nitrogen and oxygen atoms in total. The lowest BCUT2D eigenvalue weighted by Crippen LogP contribution is -2.44. The van der Waals surface area contributed by atoms with Gasteiger partial charge in [0.25, 0.3) is 11.7 Å². The Bertz CT molecular complexity index is 1280. The lowest BCUT2D eigenvalue weighted by molar-refractivity contribution is -0.131. The minimum atomic E-state index is -1.62. The van der Waals surface area contributed by atoms with Gasteiger partial charge in [0.1, 0.15) is 17.2 Å². The van der Waals surface area contributed by atoms with Gasteiger partial charge in [-0.1, -0.05) is 30.3 Å². The van der Waals surface area contributed by atoms with Gasteiger partial charge in [-0.05, 0) is 24.5 Å². The van der Waals surface area contributed by atoms with Crippen molar-refractivity contribution in [1.82, 2.24) is 4.57 Å². The van der Waals surface area contributed by atoms with Crippen LogP contribution in [-0.4, -0.2) is 53.2 Å². The molecule has 178 valence electrons. The largest absolute Gasteiger partial charge is 0.496 e. The molecule has 3 N–H and O–H groups in total. The van der Waals surface area contributed by atoms with E-state index in [-0.39, 0.29) is 41.5 Å². The highest BCUT2D eigenvalue weighted by molar-refractivity contribution is 6.44. The number of aryl methyl sites for hydroxylation is 1. The first-order valence-corrected chi connectivity index (χ1v) is 10.9. The minimum absolute atomic E-state index is 0.0378. The van der Waals surface area contributed by atoms with Crippen molar-refractivity contribution in [3.63, 3.8) is 0 Å². The first-order chi connectivity index (χ1) is 16.1. The smallest absolute Gasteiger partial charge is 0.377 e. The first-order valence-electron chi connectivity index (χ1n) is 10.9. The predicted molar refractivity (Wildman–Crippen MR) is 125 cm³/mol. The van der Waals surface area contributed by atoms with Crippen LogP contribution in [0, 0.1) is 0 Å². The summed E-state index contributed by atoms with van der Waals surface area (Å²) in [5, 5.41) is 9.78. The molecular formula is C25H26FN3O5. The molecule has 1 fully saturated rings. The zero-order valence-corrected chi connectivity index (χ0v) is 19.0. The molecule has 3 aromatic rings. The summed E-state index contributed by atoms with van der Waals surface area (Å²) in [6, 6.07) is 12.4. The third-order valence-corrected chi connectivity index (χ3v) is 6.50. The third-order valence-electron chi connectivity index (χ3n) is 6.50. The number of methoxy groups -OCH3 is 1. The van der Waals surface area contributed by atoms with Crippen LogP contribution in [0.5, 0.6) is 5.75 Å². The highest BCUT2D eigenvalue weighted by Crippen LogP contribution is 2.39. The maximum atomic E-state index is 15.6. The Morgan fingerprint density at radius 2 is 1.79 bits per heavy atom. The number of alkyl halides is 1. The Hall–Kier alpha value is -3.88. The van der Waals surface area contributed by atoms with Crippen LogP contribution in [0.15, 0.2) is 42.5 Å². The molecule has 0 atom stereocenters. The summed E-state index contributed by atoms with van der Waals surface area (Å²) in [6.45, 7) is 0.598. The van der Waals surface area contributed by atoms with Crippen molar-refractivity contribution in [1.29, 1.82) is 0 Å². The van der Waals surface area contributed by atoms with Crippen molar-refractivity contribution in [3.05, 3.63) is 59.2 Å². The number of carboxylic acids is 1. The summed E-state index contributed by atoms with van der Waals surface area (Å²) in [5.74, 6) is -2.91. The Morgan fingerprint density at radius 3 is 2.35 bits per heavy atom. The van der Waals surface area contributed by atoms with E-state index in [1.165, 1.54) is 13.2 Å². The lowest BCUT2D eigenvalue weighted by Gasteiger charge is -2.38. The Balaban J connectivity index is 1.75. The predicted octanol–water partition coefficient (Wildman–Crippen LogP) is 3.10. The fraction of sp³-hybridized carbons (Fsp3) is 0.320. The molecule has 0 unspecified atom stereocenters. The number of carbonyl (C=O) groups excluding carboxylic acids is 2. The summed E-state index contributed by atoms with van der Waals surface area (Å²) in [4.78, 5) is 38.2.